The van der Waals surface area contributed by atoms with E-state index in [0.29, 0.717) is 5.75 Å². The highest BCUT2D eigenvalue weighted by atomic mass is 19.1. The summed E-state index contributed by atoms with van der Waals surface area (Å²) in [5.41, 5.74) is 0.898. The molecule has 2 rings (SSSR count). The van der Waals surface area contributed by atoms with Crippen molar-refractivity contribution < 1.29 is 9.13 Å². The number of halogens is 1. The van der Waals surface area contributed by atoms with Gasteiger partial charge in [0, 0.05) is 11.8 Å². The van der Waals surface area contributed by atoms with E-state index in [0.717, 1.165) is 5.69 Å². The van der Waals surface area contributed by atoms with Crippen molar-refractivity contribution >= 4 is 0 Å². The molecule has 15 heavy (non-hydrogen) atoms. The summed E-state index contributed by atoms with van der Waals surface area (Å²) in [6.45, 7) is 1.88. The van der Waals surface area contributed by atoms with Crippen LogP contribution in [0.3, 0.4) is 0 Å². The molecule has 0 unspecified atom stereocenters. The molecule has 0 saturated carbocycles. The Morgan fingerprint density at radius 2 is 2.07 bits per heavy atom. The molecule has 0 bridgehead atoms. The minimum Gasteiger partial charge on any atom is -0.437 e. The average Bonchev–Trinajstić information content (AvgIpc) is 2.22. The fourth-order valence-corrected chi connectivity index (χ4v) is 1.08. The van der Waals surface area contributed by atoms with Crippen LogP contribution in [-0.4, -0.2) is 9.97 Å². The Labute approximate surface area is 86.6 Å². The molecule has 0 aliphatic rings. The zero-order valence-electron chi connectivity index (χ0n) is 8.14. The van der Waals surface area contributed by atoms with E-state index in [2.05, 4.69) is 9.97 Å². The third kappa shape index (κ3) is 2.49. The molecule has 3 nitrogen and oxygen atoms in total. The van der Waals surface area contributed by atoms with Gasteiger partial charge in [0.05, 0.1) is 6.20 Å². The molecule has 0 fully saturated rings. The molecule has 0 atom stereocenters. The van der Waals surface area contributed by atoms with Crippen LogP contribution in [0, 0.1) is 12.9 Å². The second kappa shape index (κ2) is 4.04. The summed E-state index contributed by atoms with van der Waals surface area (Å²) >= 11 is 0. The molecule has 0 aliphatic heterocycles. The molecule has 0 saturated heterocycles. The van der Waals surface area contributed by atoms with Gasteiger partial charge >= 0.3 is 0 Å². The van der Waals surface area contributed by atoms with Gasteiger partial charge in [-0.2, -0.15) is 9.37 Å². The van der Waals surface area contributed by atoms with E-state index in [-0.39, 0.29) is 5.88 Å². The summed E-state index contributed by atoms with van der Waals surface area (Å²) in [7, 11) is 0. The largest absolute Gasteiger partial charge is 0.437 e. The average molecular weight is 204 g/mol. The van der Waals surface area contributed by atoms with Crippen LogP contribution in [-0.2, 0) is 0 Å². The highest BCUT2D eigenvalue weighted by Gasteiger charge is 1.99. The standard InChI is InChI=1S/C11H9FN2O/c1-8-5-6-9(7-13-8)15-11-4-2-3-10(12)14-11/h2-7H,1H3. The molecule has 2 heterocycles. The number of hydrogen-bond donors (Lipinski definition) is 0. The lowest BCUT2D eigenvalue weighted by Crippen LogP contribution is -1.90. The Kier molecular flexibility index (Phi) is 2.58. The Morgan fingerprint density at radius 3 is 2.73 bits per heavy atom. The first-order valence-electron chi connectivity index (χ1n) is 4.47. The quantitative estimate of drug-likeness (QED) is 0.705. The molecule has 0 N–H and O–H groups in total. The van der Waals surface area contributed by atoms with Crippen LogP contribution in [0.5, 0.6) is 11.6 Å². The van der Waals surface area contributed by atoms with Gasteiger partial charge in [0.15, 0.2) is 0 Å². The molecule has 76 valence electrons. The number of aryl methyl sites for hydroxylation is 1. The number of rotatable bonds is 2. The summed E-state index contributed by atoms with van der Waals surface area (Å²) in [5.74, 6) is 0.201. The highest BCUT2D eigenvalue weighted by molar-refractivity contribution is 5.24. The topological polar surface area (TPSA) is 35.0 Å². The van der Waals surface area contributed by atoms with Crippen LogP contribution >= 0.6 is 0 Å². The Morgan fingerprint density at radius 1 is 1.20 bits per heavy atom. The zero-order valence-corrected chi connectivity index (χ0v) is 8.14. The smallest absolute Gasteiger partial charge is 0.221 e. The van der Waals surface area contributed by atoms with E-state index in [1.807, 2.05) is 13.0 Å². The first-order valence-corrected chi connectivity index (χ1v) is 4.47. The maximum Gasteiger partial charge on any atom is 0.221 e. The molecule has 2 aromatic rings. The molecule has 0 radical (unpaired) electrons. The first kappa shape index (κ1) is 9.58. The number of hydrogen-bond acceptors (Lipinski definition) is 3. The fourth-order valence-electron chi connectivity index (χ4n) is 1.08. The predicted molar refractivity (Wildman–Crippen MR) is 53.2 cm³/mol. The Balaban J connectivity index is 2.18. The van der Waals surface area contributed by atoms with Crippen LogP contribution in [0.25, 0.3) is 0 Å². The fraction of sp³-hybridized carbons (Fsp3) is 0.0909. The third-order valence-corrected chi connectivity index (χ3v) is 1.80. The molecule has 0 aromatic carbocycles. The van der Waals surface area contributed by atoms with Crippen molar-refractivity contribution in [3.05, 3.63) is 48.2 Å². The monoisotopic (exact) mass is 204 g/mol. The van der Waals surface area contributed by atoms with Gasteiger partial charge in [-0.1, -0.05) is 6.07 Å². The van der Waals surface area contributed by atoms with Crippen molar-refractivity contribution in [3.63, 3.8) is 0 Å². The summed E-state index contributed by atoms with van der Waals surface area (Å²) in [6, 6.07) is 7.96. The number of pyridine rings is 2. The number of nitrogens with zero attached hydrogens (tertiary/aromatic N) is 2. The molecule has 0 amide bonds. The molecule has 4 heteroatoms. The van der Waals surface area contributed by atoms with E-state index in [1.165, 1.54) is 6.07 Å². The van der Waals surface area contributed by atoms with E-state index < -0.39 is 5.95 Å². The lowest BCUT2D eigenvalue weighted by Gasteiger charge is -2.03. The van der Waals surface area contributed by atoms with Crippen LogP contribution in [0.1, 0.15) is 5.69 Å². The Hall–Kier alpha value is -1.97. The van der Waals surface area contributed by atoms with E-state index in [1.54, 1.807) is 24.4 Å². The first-order chi connectivity index (χ1) is 7.24. The van der Waals surface area contributed by atoms with E-state index in [4.69, 9.17) is 4.74 Å². The van der Waals surface area contributed by atoms with Crippen LogP contribution in [0.15, 0.2) is 36.5 Å². The van der Waals surface area contributed by atoms with E-state index in [9.17, 15) is 4.39 Å². The maximum atomic E-state index is 12.7. The minimum absolute atomic E-state index is 0.223. The van der Waals surface area contributed by atoms with E-state index >= 15 is 0 Å². The van der Waals surface area contributed by atoms with Gasteiger partial charge in [0.25, 0.3) is 0 Å². The lowest BCUT2D eigenvalue weighted by atomic mass is 10.4. The zero-order chi connectivity index (χ0) is 10.7. The molecule has 0 spiro atoms. The highest BCUT2D eigenvalue weighted by Crippen LogP contribution is 2.17. The predicted octanol–water partition coefficient (Wildman–Crippen LogP) is 2.72. The summed E-state index contributed by atoms with van der Waals surface area (Å²) in [6.07, 6.45) is 1.57. The van der Waals surface area contributed by atoms with Gasteiger partial charge in [-0.05, 0) is 25.1 Å². The maximum absolute atomic E-state index is 12.7. The van der Waals surface area contributed by atoms with Crippen molar-refractivity contribution in [3.8, 4) is 11.6 Å². The van der Waals surface area contributed by atoms with Crippen molar-refractivity contribution in [2.75, 3.05) is 0 Å². The second-order valence-corrected chi connectivity index (χ2v) is 3.04. The van der Waals surface area contributed by atoms with Gasteiger partial charge in [-0.3, -0.25) is 4.98 Å². The van der Waals surface area contributed by atoms with Gasteiger partial charge in [0.2, 0.25) is 11.8 Å². The summed E-state index contributed by atoms with van der Waals surface area (Å²) < 4.78 is 18.0. The number of ether oxygens (including phenoxy) is 1. The van der Waals surface area contributed by atoms with Crippen molar-refractivity contribution in [2.24, 2.45) is 0 Å². The van der Waals surface area contributed by atoms with Gasteiger partial charge in [0.1, 0.15) is 5.75 Å². The molecule has 0 aliphatic carbocycles. The SMILES string of the molecule is Cc1ccc(Oc2cccc(F)n2)cn1. The number of aromatic nitrogens is 2. The van der Waals surface area contributed by atoms with Crippen LogP contribution in [0.2, 0.25) is 0 Å². The molecule has 2 aromatic heterocycles. The summed E-state index contributed by atoms with van der Waals surface area (Å²) in [4.78, 5) is 7.63. The van der Waals surface area contributed by atoms with Crippen LogP contribution in [0.4, 0.5) is 4.39 Å². The van der Waals surface area contributed by atoms with Crippen molar-refractivity contribution in [1.29, 1.82) is 0 Å². The summed E-state index contributed by atoms with van der Waals surface area (Å²) in [5, 5.41) is 0. The normalized spacial score (nSPS) is 10.0. The van der Waals surface area contributed by atoms with Gasteiger partial charge in [-0.25, -0.2) is 0 Å². The second-order valence-electron chi connectivity index (χ2n) is 3.04. The van der Waals surface area contributed by atoms with Crippen molar-refractivity contribution in [2.45, 2.75) is 6.92 Å². The third-order valence-electron chi connectivity index (χ3n) is 1.80. The lowest BCUT2D eigenvalue weighted by molar-refractivity contribution is 0.443. The van der Waals surface area contributed by atoms with Crippen LogP contribution < -0.4 is 4.74 Å². The van der Waals surface area contributed by atoms with Gasteiger partial charge < -0.3 is 4.74 Å². The molecular weight excluding hydrogens is 195 g/mol. The minimum atomic E-state index is -0.562. The Bertz CT molecular complexity index is 456. The molecular formula is C11H9FN2O. The van der Waals surface area contributed by atoms with Crippen molar-refractivity contribution in [1.82, 2.24) is 9.97 Å². The van der Waals surface area contributed by atoms with Gasteiger partial charge in [-0.15, -0.1) is 0 Å².